The molecule has 0 amide bonds. The molecular weight excluding hydrogens is 322 g/mol. The number of esters is 1. The molecule has 1 rings (SSSR count). The van der Waals surface area contributed by atoms with Crippen LogP contribution in [0.2, 0.25) is 0 Å². The summed E-state index contributed by atoms with van der Waals surface area (Å²) in [5.74, 6) is -0.680. The Labute approximate surface area is 139 Å². The van der Waals surface area contributed by atoms with E-state index in [2.05, 4.69) is 0 Å². The molecule has 0 saturated carbocycles. The van der Waals surface area contributed by atoms with Gasteiger partial charge in [-0.3, -0.25) is 10.1 Å². The first-order valence-electron chi connectivity index (χ1n) is 7.22. The van der Waals surface area contributed by atoms with Crippen LogP contribution >= 0.6 is 0 Å². The summed E-state index contributed by atoms with van der Waals surface area (Å²) in [4.78, 5) is 22.6. The number of hydrogen-bond acceptors (Lipinski definition) is 8. The summed E-state index contributed by atoms with van der Waals surface area (Å²) in [6, 6.07) is 2.29. The van der Waals surface area contributed by atoms with Crippen molar-refractivity contribution in [2.24, 2.45) is 0 Å². The highest BCUT2D eigenvalue weighted by Crippen LogP contribution is 2.36. The van der Waals surface area contributed by atoms with Gasteiger partial charge in [0.05, 0.1) is 17.6 Å². The van der Waals surface area contributed by atoms with Crippen molar-refractivity contribution in [1.82, 2.24) is 0 Å². The molecule has 0 aliphatic rings. The lowest BCUT2D eigenvalue weighted by Crippen LogP contribution is -2.18. The Balaban J connectivity index is 3.41. The number of ether oxygens (including phenoxy) is 5. The van der Waals surface area contributed by atoms with Crippen LogP contribution in [0.25, 0.3) is 0 Å². The van der Waals surface area contributed by atoms with Gasteiger partial charge in [-0.25, -0.2) is 4.79 Å². The molecule has 0 N–H and O–H groups in total. The van der Waals surface area contributed by atoms with Gasteiger partial charge in [0.1, 0.15) is 5.56 Å². The van der Waals surface area contributed by atoms with Crippen molar-refractivity contribution in [2.45, 2.75) is 33.4 Å². The summed E-state index contributed by atoms with van der Waals surface area (Å²) in [6.07, 6.45) is -1.35. The third-order valence-corrected chi connectivity index (χ3v) is 3.00. The van der Waals surface area contributed by atoms with Crippen LogP contribution in [-0.2, 0) is 14.2 Å². The Morgan fingerprint density at radius 1 is 1.12 bits per heavy atom. The smallest absolute Gasteiger partial charge is 0.345 e. The molecule has 0 aromatic heterocycles. The summed E-state index contributed by atoms with van der Waals surface area (Å²) < 4.78 is 25.8. The predicted octanol–water partition coefficient (Wildman–Crippen LogP) is 2.51. The summed E-state index contributed by atoms with van der Waals surface area (Å²) in [5.41, 5.74) is -0.693. The van der Waals surface area contributed by atoms with Gasteiger partial charge in [-0.05, 0) is 20.8 Å². The van der Waals surface area contributed by atoms with E-state index >= 15 is 0 Å². The van der Waals surface area contributed by atoms with Crippen LogP contribution in [0, 0.1) is 10.1 Å². The Kier molecular flexibility index (Phi) is 7.40. The van der Waals surface area contributed by atoms with Crippen molar-refractivity contribution >= 4 is 11.7 Å². The van der Waals surface area contributed by atoms with Gasteiger partial charge in [0, 0.05) is 20.3 Å². The molecule has 0 aliphatic carbocycles. The summed E-state index contributed by atoms with van der Waals surface area (Å²) in [6.45, 7) is 4.91. The highest BCUT2D eigenvalue weighted by atomic mass is 16.7. The first-order chi connectivity index (χ1) is 11.3. The SMILES string of the molecule is CCOC(=O)c1cc(OC(C)OC)c(OC(C)OC)cc1[N+](=O)[O-]. The lowest BCUT2D eigenvalue weighted by Gasteiger charge is -2.19. The molecule has 134 valence electrons. The molecular formula is C15H21NO8. The normalized spacial score (nSPS) is 13.0. The Bertz CT molecular complexity index is 589. The highest BCUT2D eigenvalue weighted by Gasteiger charge is 2.27. The summed E-state index contributed by atoms with van der Waals surface area (Å²) in [7, 11) is 2.85. The average Bonchev–Trinajstić information content (AvgIpc) is 2.55. The standard InChI is InChI=1S/C15H21NO8/c1-6-22-15(17)11-7-13(23-9(2)20-4)14(24-10(3)21-5)8-12(11)16(18)19/h7-10H,6H2,1-5H3. The average molecular weight is 343 g/mol. The molecule has 1 aromatic rings. The van der Waals surface area contributed by atoms with E-state index in [0.29, 0.717) is 0 Å². The molecule has 0 bridgehead atoms. The minimum absolute atomic E-state index is 0.0491. The number of hydrogen-bond donors (Lipinski definition) is 0. The lowest BCUT2D eigenvalue weighted by atomic mass is 10.1. The minimum atomic E-state index is -0.828. The van der Waals surface area contributed by atoms with Crippen LogP contribution in [0.1, 0.15) is 31.1 Å². The third-order valence-electron chi connectivity index (χ3n) is 3.00. The second-order valence-corrected chi connectivity index (χ2v) is 4.64. The van der Waals surface area contributed by atoms with Gasteiger partial charge in [-0.2, -0.15) is 0 Å². The van der Waals surface area contributed by atoms with E-state index in [1.54, 1.807) is 20.8 Å². The second-order valence-electron chi connectivity index (χ2n) is 4.64. The molecule has 0 radical (unpaired) electrons. The van der Waals surface area contributed by atoms with Crippen LogP contribution in [0.3, 0.4) is 0 Å². The molecule has 2 atom stereocenters. The van der Waals surface area contributed by atoms with Crippen LogP contribution < -0.4 is 9.47 Å². The highest BCUT2D eigenvalue weighted by molar-refractivity contribution is 5.95. The van der Waals surface area contributed by atoms with Gasteiger partial charge in [0.15, 0.2) is 24.1 Å². The van der Waals surface area contributed by atoms with Gasteiger partial charge < -0.3 is 23.7 Å². The monoisotopic (exact) mass is 343 g/mol. The number of nitro groups is 1. The van der Waals surface area contributed by atoms with Crippen molar-refractivity contribution in [3.8, 4) is 11.5 Å². The van der Waals surface area contributed by atoms with E-state index in [-0.39, 0.29) is 23.7 Å². The summed E-state index contributed by atoms with van der Waals surface area (Å²) >= 11 is 0. The zero-order valence-corrected chi connectivity index (χ0v) is 14.2. The number of benzene rings is 1. The number of nitrogens with zero attached hydrogens (tertiary/aromatic N) is 1. The number of carbonyl (C=O) groups excluding carboxylic acids is 1. The van der Waals surface area contributed by atoms with Crippen LogP contribution in [0.5, 0.6) is 11.5 Å². The first-order valence-corrected chi connectivity index (χ1v) is 7.22. The molecule has 9 heteroatoms. The zero-order valence-electron chi connectivity index (χ0n) is 14.2. The summed E-state index contributed by atoms with van der Waals surface area (Å²) in [5, 5.41) is 11.3. The van der Waals surface area contributed by atoms with Crippen molar-refractivity contribution in [3.63, 3.8) is 0 Å². The molecule has 0 aliphatic heterocycles. The second kappa shape index (κ2) is 9.04. The van der Waals surface area contributed by atoms with Crippen molar-refractivity contribution in [1.29, 1.82) is 0 Å². The van der Waals surface area contributed by atoms with Crippen LogP contribution in [0.15, 0.2) is 12.1 Å². The molecule has 1 aromatic carbocycles. The van der Waals surface area contributed by atoms with Crippen molar-refractivity contribution in [3.05, 3.63) is 27.8 Å². The van der Waals surface area contributed by atoms with Crippen LogP contribution in [0.4, 0.5) is 5.69 Å². The van der Waals surface area contributed by atoms with E-state index in [0.717, 1.165) is 6.07 Å². The fourth-order valence-electron chi connectivity index (χ4n) is 1.71. The Hall–Kier alpha value is -2.39. The Morgan fingerprint density at radius 3 is 2.04 bits per heavy atom. The number of methoxy groups -OCH3 is 2. The number of rotatable bonds is 9. The maximum atomic E-state index is 12.0. The maximum Gasteiger partial charge on any atom is 0.345 e. The van der Waals surface area contributed by atoms with Gasteiger partial charge in [0.25, 0.3) is 5.69 Å². The fourth-order valence-corrected chi connectivity index (χ4v) is 1.71. The minimum Gasteiger partial charge on any atom is -0.462 e. The van der Waals surface area contributed by atoms with E-state index in [9.17, 15) is 14.9 Å². The zero-order chi connectivity index (χ0) is 18.3. The predicted molar refractivity (Wildman–Crippen MR) is 83.3 cm³/mol. The largest absolute Gasteiger partial charge is 0.462 e. The molecule has 2 unspecified atom stereocenters. The number of carbonyl (C=O) groups is 1. The third kappa shape index (κ3) is 5.07. The van der Waals surface area contributed by atoms with E-state index in [1.165, 1.54) is 20.3 Å². The molecule has 0 saturated heterocycles. The number of nitro benzene ring substituents is 1. The van der Waals surface area contributed by atoms with Crippen molar-refractivity contribution < 1.29 is 33.4 Å². The molecule has 9 nitrogen and oxygen atoms in total. The van der Waals surface area contributed by atoms with E-state index < -0.39 is 29.2 Å². The Morgan fingerprint density at radius 2 is 1.62 bits per heavy atom. The molecule has 24 heavy (non-hydrogen) atoms. The fraction of sp³-hybridized carbons (Fsp3) is 0.533. The van der Waals surface area contributed by atoms with Gasteiger partial charge in [-0.1, -0.05) is 0 Å². The van der Waals surface area contributed by atoms with Gasteiger partial charge >= 0.3 is 5.97 Å². The molecule has 0 spiro atoms. The maximum absolute atomic E-state index is 12.0. The first kappa shape index (κ1) is 19.7. The lowest BCUT2D eigenvalue weighted by molar-refractivity contribution is -0.385. The van der Waals surface area contributed by atoms with Gasteiger partial charge in [-0.15, -0.1) is 0 Å². The van der Waals surface area contributed by atoms with Gasteiger partial charge in [0.2, 0.25) is 0 Å². The van der Waals surface area contributed by atoms with Crippen LogP contribution in [-0.4, -0.2) is 44.3 Å². The molecule has 0 heterocycles. The van der Waals surface area contributed by atoms with E-state index in [1.807, 2.05) is 0 Å². The van der Waals surface area contributed by atoms with Crippen molar-refractivity contribution in [2.75, 3.05) is 20.8 Å². The topological polar surface area (TPSA) is 106 Å². The van der Waals surface area contributed by atoms with E-state index in [4.69, 9.17) is 23.7 Å². The molecule has 0 fully saturated rings. The quantitative estimate of drug-likeness (QED) is 0.291.